The summed E-state index contributed by atoms with van der Waals surface area (Å²) in [6.45, 7) is 7.66. The lowest BCUT2D eigenvalue weighted by Crippen LogP contribution is -2.40. The molecule has 0 radical (unpaired) electrons. The Hall–Kier alpha value is -1.91. The number of esters is 1. The molecule has 12 heteroatoms. The SMILES string of the molecule is CCOC(=O)C1=C(C)N=c2s/c(=C\c3cc(I)c(OC(C)C)c(I)c3)c(=O)n2[C@@H]1c1cc(OC)c(OC)cc1Br. The molecule has 40 heavy (non-hydrogen) atoms. The second-order valence-corrected chi connectivity index (χ2v) is 13.2. The molecule has 0 amide bonds. The van der Waals surface area contributed by atoms with Crippen molar-refractivity contribution in [2.45, 2.75) is 39.8 Å². The van der Waals surface area contributed by atoms with Crippen molar-refractivity contribution in [3.05, 3.63) is 78.0 Å². The molecule has 0 N–H and O–H groups in total. The molecule has 0 saturated carbocycles. The Kier molecular flexibility index (Phi) is 10.0. The van der Waals surface area contributed by atoms with Gasteiger partial charge in [0.2, 0.25) is 0 Å². The zero-order valence-corrected chi connectivity index (χ0v) is 29.4. The van der Waals surface area contributed by atoms with E-state index in [-0.39, 0.29) is 23.8 Å². The summed E-state index contributed by atoms with van der Waals surface area (Å²) < 4.78 is 26.9. The molecule has 1 atom stereocenters. The number of allylic oxidation sites excluding steroid dienone is 1. The molecule has 0 aliphatic carbocycles. The van der Waals surface area contributed by atoms with Gasteiger partial charge in [-0.2, -0.15) is 0 Å². The first kappa shape index (κ1) is 31.0. The summed E-state index contributed by atoms with van der Waals surface area (Å²) in [5.74, 6) is 1.27. The fourth-order valence-electron chi connectivity index (χ4n) is 4.33. The maximum atomic E-state index is 14.0. The summed E-state index contributed by atoms with van der Waals surface area (Å²) >= 11 is 9.39. The van der Waals surface area contributed by atoms with E-state index in [0.29, 0.717) is 36.6 Å². The Morgan fingerprint density at radius 3 is 2.35 bits per heavy atom. The van der Waals surface area contributed by atoms with Gasteiger partial charge >= 0.3 is 5.97 Å². The van der Waals surface area contributed by atoms with Crippen LogP contribution in [0, 0.1) is 7.14 Å². The topological polar surface area (TPSA) is 88.4 Å². The van der Waals surface area contributed by atoms with Crippen molar-refractivity contribution in [2.24, 2.45) is 4.99 Å². The molecule has 0 unspecified atom stereocenters. The minimum Gasteiger partial charge on any atom is -0.493 e. The molecule has 8 nitrogen and oxygen atoms in total. The number of aromatic nitrogens is 1. The predicted octanol–water partition coefficient (Wildman–Crippen LogP) is 5.57. The van der Waals surface area contributed by atoms with E-state index in [0.717, 1.165) is 18.5 Å². The Morgan fingerprint density at radius 1 is 1.15 bits per heavy atom. The van der Waals surface area contributed by atoms with Crippen molar-refractivity contribution in [3.8, 4) is 17.2 Å². The smallest absolute Gasteiger partial charge is 0.338 e. The first-order valence-corrected chi connectivity index (χ1v) is 16.0. The van der Waals surface area contributed by atoms with Crippen LogP contribution in [0.4, 0.5) is 0 Å². The number of benzene rings is 2. The molecule has 1 aromatic heterocycles. The van der Waals surface area contributed by atoms with Gasteiger partial charge < -0.3 is 18.9 Å². The number of methoxy groups -OCH3 is 2. The van der Waals surface area contributed by atoms with E-state index in [9.17, 15) is 9.59 Å². The highest BCUT2D eigenvalue weighted by Crippen LogP contribution is 2.41. The van der Waals surface area contributed by atoms with Crippen molar-refractivity contribution < 1.29 is 23.7 Å². The van der Waals surface area contributed by atoms with Crippen molar-refractivity contribution in [3.63, 3.8) is 0 Å². The highest BCUT2D eigenvalue weighted by molar-refractivity contribution is 14.1. The van der Waals surface area contributed by atoms with Crippen LogP contribution in [0.2, 0.25) is 0 Å². The van der Waals surface area contributed by atoms with Crippen molar-refractivity contribution in [1.29, 1.82) is 0 Å². The number of carbonyl (C=O) groups excluding carboxylic acids is 1. The zero-order valence-electron chi connectivity index (χ0n) is 22.6. The van der Waals surface area contributed by atoms with E-state index in [1.54, 1.807) is 37.7 Å². The minimum atomic E-state index is -0.797. The van der Waals surface area contributed by atoms with E-state index in [1.165, 1.54) is 18.4 Å². The fraction of sp³-hybridized carbons (Fsp3) is 0.321. The van der Waals surface area contributed by atoms with Gasteiger partial charge in [-0.3, -0.25) is 9.36 Å². The highest BCUT2D eigenvalue weighted by atomic mass is 127. The summed E-state index contributed by atoms with van der Waals surface area (Å²) in [6.07, 6.45) is 1.89. The molecular weight excluding hydrogens is 826 g/mol. The molecule has 2 aromatic carbocycles. The summed E-state index contributed by atoms with van der Waals surface area (Å²) in [5, 5.41) is 0. The molecule has 212 valence electrons. The van der Waals surface area contributed by atoms with Crippen molar-refractivity contribution in [1.82, 2.24) is 4.57 Å². The first-order chi connectivity index (χ1) is 19.0. The van der Waals surface area contributed by atoms with Crippen molar-refractivity contribution >= 4 is 84.5 Å². The first-order valence-electron chi connectivity index (χ1n) is 12.3. The van der Waals surface area contributed by atoms with Gasteiger partial charge in [-0.15, -0.1) is 0 Å². The quantitative estimate of drug-likeness (QED) is 0.218. The van der Waals surface area contributed by atoms with Crippen LogP contribution < -0.4 is 29.1 Å². The van der Waals surface area contributed by atoms with Gasteiger partial charge in [-0.05, 0) is 114 Å². The van der Waals surface area contributed by atoms with Gasteiger partial charge in [0.1, 0.15) is 5.75 Å². The average Bonchev–Trinajstić information content (AvgIpc) is 3.19. The Morgan fingerprint density at radius 2 is 1.77 bits per heavy atom. The number of rotatable bonds is 8. The third kappa shape index (κ3) is 6.14. The maximum absolute atomic E-state index is 14.0. The lowest BCUT2D eigenvalue weighted by molar-refractivity contribution is -0.139. The summed E-state index contributed by atoms with van der Waals surface area (Å²) in [6, 6.07) is 6.69. The van der Waals surface area contributed by atoms with E-state index < -0.39 is 12.0 Å². The van der Waals surface area contributed by atoms with Crippen LogP contribution in [0.5, 0.6) is 17.2 Å². The van der Waals surface area contributed by atoms with Gasteiger partial charge in [0, 0.05) is 4.47 Å². The summed E-state index contributed by atoms with van der Waals surface area (Å²) in [5.41, 5.74) is 2.00. The molecule has 2 heterocycles. The minimum absolute atomic E-state index is 0.0457. The molecule has 0 saturated heterocycles. The molecule has 0 spiro atoms. The number of hydrogen-bond donors (Lipinski definition) is 0. The van der Waals surface area contributed by atoms with Crippen LogP contribution in [0.25, 0.3) is 6.08 Å². The third-order valence-electron chi connectivity index (χ3n) is 5.99. The molecule has 0 fully saturated rings. The maximum Gasteiger partial charge on any atom is 0.338 e. The van der Waals surface area contributed by atoms with Gasteiger partial charge in [-0.1, -0.05) is 27.3 Å². The zero-order chi connectivity index (χ0) is 29.3. The van der Waals surface area contributed by atoms with Crippen LogP contribution in [-0.2, 0) is 9.53 Å². The van der Waals surface area contributed by atoms with Crippen LogP contribution in [0.3, 0.4) is 0 Å². The lowest BCUT2D eigenvalue weighted by Gasteiger charge is -2.26. The van der Waals surface area contributed by atoms with E-state index >= 15 is 0 Å². The normalized spacial score (nSPS) is 15.2. The molecule has 1 aliphatic rings. The molecule has 3 aromatic rings. The average molecular weight is 853 g/mol. The Balaban J connectivity index is 1.96. The van der Waals surface area contributed by atoms with Gasteiger partial charge in [-0.25, -0.2) is 9.79 Å². The van der Waals surface area contributed by atoms with Crippen LogP contribution in [0.15, 0.2) is 49.8 Å². The van der Waals surface area contributed by atoms with Gasteiger partial charge in [0.05, 0.1) is 55.9 Å². The number of carbonyl (C=O) groups is 1. The van der Waals surface area contributed by atoms with Crippen LogP contribution >= 0.6 is 72.4 Å². The lowest BCUT2D eigenvalue weighted by atomic mass is 9.95. The van der Waals surface area contributed by atoms with Crippen LogP contribution in [-0.4, -0.2) is 37.5 Å². The molecule has 1 aliphatic heterocycles. The fourth-order valence-corrected chi connectivity index (χ4v) is 7.98. The van der Waals surface area contributed by atoms with E-state index in [2.05, 4.69) is 66.1 Å². The highest BCUT2D eigenvalue weighted by Gasteiger charge is 2.35. The van der Waals surface area contributed by atoms with Gasteiger partial charge in [0.15, 0.2) is 16.3 Å². The predicted molar refractivity (Wildman–Crippen MR) is 175 cm³/mol. The number of hydrogen-bond acceptors (Lipinski definition) is 8. The van der Waals surface area contributed by atoms with Gasteiger partial charge in [0.25, 0.3) is 5.56 Å². The monoisotopic (exact) mass is 852 g/mol. The second-order valence-electron chi connectivity index (χ2n) is 9.01. The number of nitrogens with zero attached hydrogens (tertiary/aromatic N) is 2. The number of thiazole rings is 1. The molecule has 0 bridgehead atoms. The second kappa shape index (κ2) is 12.9. The van der Waals surface area contributed by atoms with E-state index in [1.807, 2.05) is 32.1 Å². The molecule has 4 rings (SSSR count). The van der Waals surface area contributed by atoms with Crippen molar-refractivity contribution in [2.75, 3.05) is 20.8 Å². The Labute approximate surface area is 271 Å². The molecular formula is C28H27BrI2N2O6S. The largest absolute Gasteiger partial charge is 0.493 e. The van der Waals surface area contributed by atoms with Crippen LogP contribution in [0.1, 0.15) is 44.9 Å². The number of ether oxygens (including phenoxy) is 4. The van der Waals surface area contributed by atoms with E-state index in [4.69, 9.17) is 18.9 Å². The Bertz CT molecular complexity index is 1670. The number of halogens is 3. The number of fused-ring (bicyclic) bond motifs is 1. The summed E-state index contributed by atoms with van der Waals surface area (Å²) in [4.78, 5) is 32.4. The summed E-state index contributed by atoms with van der Waals surface area (Å²) in [7, 11) is 3.08. The third-order valence-corrected chi connectivity index (χ3v) is 9.26. The standard InChI is InChI=1S/C28H27BrI2N2O6S/c1-7-38-27(35)23-14(4)32-28-33(24(23)16-11-20(36-5)21(37-6)12-17(16)29)26(34)22(40-28)10-15-8-18(30)25(19(31)9-15)39-13(2)3/h8-13,24H,7H2,1-6H3/b22-10-/t24-/m1/s1.